The highest BCUT2D eigenvalue weighted by molar-refractivity contribution is 5.95. The number of benzene rings is 1. The van der Waals surface area contributed by atoms with Crippen molar-refractivity contribution < 1.29 is 14.3 Å². The second kappa shape index (κ2) is 7.11. The normalized spacial score (nSPS) is 15.6. The third-order valence-electron chi connectivity index (χ3n) is 3.26. The van der Waals surface area contributed by atoms with E-state index in [0.717, 1.165) is 0 Å². The Kier molecular flexibility index (Phi) is 5.20. The summed E-state index contributed by atoms with van der Waals surface area (Å²) in [4.78, 5) is 25.5. The van der Waals surface area contributed by atoms with E-state index in [4.69, 9.17) is 4.74 Å². The predicted molar refractivity (Wildman–Crippen MR) is 80.3 cm³/mol. The first-order chi connectivity index (χ1) is 10.1. The molecule has 0 radical (unpaired) electrons. The lowest BCUT2D eigenvalue weighted by molar-refractivity contribution is -0.120. The molecule has 0 aromatic heterocycles. The van der Waals surface area contributed by atoms with Crippen molar-refractivity contribution in [2.24, 2.45) is 5.92 Å². The summed E-state index contributed by atoms with van der Waals surface area (Å²) in [6.07, 6.45) is 0.356. The van der Waals surface area contributed by atoms with Crippen molar-refractivity contribution >= 4 is 11.8 Å². The van der Waals surface area contributed by atoms with E-state index in [1.807, 2.05) is 12.1 Å². The second-order valence-electron chi connectivity index (χ2n) is 5.62. The number of ether oxygens (including phenoxy) is 1. The number of nitrogens with one attached hydrogen (secondary N) is 1. The van der Waals surface area contributed by atoms with Crippen LogP contribution in [0.1, 0.15) is 30.6 Å². The van der Waals surface area contributed by atoms with Crippen LogP contribution in [0.25, 0.3) is 0 Å². The Labute approximate surface area is 125 Å². The summed E-state index contributed by atoms with van der Waals surface area (Å²) in [6.45, 7) is 6.30. The van der Waals surface area contributed by atoms with Gasteiger partial charge in [-0.25, -0.2) is 0 Å². The number of rotatable bonds is 4. The number of amides is 2. The third-order valence-corrected chi connectivity index (χ3v) is 3.26. The molecule has 1 aliphatic heterocycles. The van der Waals surface area contributed by atoms with Gasteiger partial charge >= 0.3 is 0 Å². The number of nitrogens with zero attached hydrogens (tertiary/aromatic N) is 1. The molecular weight excluding hydrogens is 268 g/mol. The minimum atomic E-state index is -0.0542. The SMILES string of the molecule is CC(C)COc1cccc(C(=O)N2CCNC(=O)CC2)c1. The van der Waals surface area contributed by atoms with Crippen molar-refractivity contribution in [3.05, 3.63) is 29.8 Å². The topological polar surface area (TPSA) is 58.6 Å². The van der Waals surface area contributed by atoms with E-state index in [0.29, 0.717) is 49.9 Å². The summed E-state index contributed by atoms with van der Waals surface area (Å²) in [7, 11) is 0. The number of carbonyl (C=O) groups excluding carboxylic acids is 2. The van der Waals surface area contributed by atoms with Crippen LogP contribution in [0.3, 0.4) is 0 Å². The lowest BCUT2D eigenvalue weighted by atomic mass is 10.1. The summed E-state index contributed by atoms with van der Waals surface area (Å²) >= 11 is 0. The zero-order valence-corrected chi connectivity index (χ0v) is 12.6. The van der Waals surface area contributed by atoms with Crippen molar-refractivity contribution in [3.63, 3.8) is 0 Å². The van der Waals surface area contributed by atoms with Gasteiger partial charge in [-0.15, -0.1) is 0 Å². The highest BCUT2D eigenvalue weighted by Crippen LogP contribution is 2.16. The molecule has 0 spiro atoms. The van der Waals surface area contributed by atoms with Gasteiger partial charge in [0.1, 0.15) is 5.75 Å². The molecule has 1 aromatic carbocycles. The van der Waals surface area contributed by atoms with Crippen molar-refractivity contribution in [2.75, 3.05) is 26.2 Å². The van der Waals surface area contributed by atoms with Gasteiger partial charge in [0, 0.05) is 31.6 Å². The van der Waals surface area contributed by atoms with Gasteiger partial charge in [0.05, 0.1) is 6.61 Å². The van der Waals surface area contributed by atoms with Gasteiger partial charge in [0.15, 0.2) is 0 Å². The van der Waals surface area contributed by atoms with Crippen LogP contribution in [-0.4, -0.2) is 43.0 Å². The minimum Gasteiger partial charge on any atom is -0.493 e. The lowest BCUT2D eigenvalue weighted by Crippen LogP contribution is -2.34. The van der Waals surface area contributed by atoms with Gasteiger partial charge in [-0.05, 0) is 24.1 Å². The van der Waals surface area contributed by atoms with E-state index in [1.165, 1.54) is 0 Å². The molecule has 2 amide bonds. The highest BCUT2D eigenvalue weighted by atomic mass is 16.5. The molecule has 1 aromatic rings. The number of carbonyl (C=O) groups is 2. The number of hydrogen-bond donors (Lipinski definition) is 1. The second-order valence-corrected chi connectivity index (χ2v) is 5.62. The largest absolute Gasteiger partial charge is 0.493 e. The van der Waals surface area contributed by atoms with Gasteiger partial charge in [-0.2, -0.15) is 0 Å². The van der Waals surface area contributed by atoms with Crippen molar-refractivity contribution in [1.82, 2.24) is 10.2 Å². The van der Waals surface area contributed by atoms with E-state index in [9.17, 15) is 9.59 Å². The molecular formula is C16H22N2O3. The van der Waals surface area contributed by atoms with Crippen LogP contribution in [0.5, 0.6) is 5.75 Å². The van der Waals surface area contributed by atoms with Gasteiger partial charge in [0.25, 0.3) is 5.91 Å². The molecule has 1 fully saturated rings. The van der Waals surface area contributed by atoms with Crippen molar-refractivity contribution in [1.29, 1.82) is 0 Å². The molecule has 0 atom stereocenters. The van der Waals surface area contributed by atoms with E-state index >= 15 is 0 Å². The molecule has 0 unspecified atom stereocenters. The quantitative estimate of drug-likeness (QED) is 0.918. The Morgan fingerprint density at radius 2 is 2.19 bits per heavy atom. The van der Waals surface area contributed by atoms with Crippen LogP contribution in [-0.2, 0) is 4.79 Å². The molecule has 2 rings (SSSR count). The van der Waals surface area contributed by atoms with Gasteiger partial charge < -0.3 is 15.0 Å². The first-order valence-electron chi connectivity index (χ1n) is 7.35. The summed E-state index contributed by atoms with van der Waals surface area (Å²) in [5.74, 6) is 1.09. The van der Waals surface area contributed by atoms with E-state index < -0.39 is 0 Å². The number of hydrogen-bond acceptors (Lipinski definition) is 3. The van der Waals surface area contributed by atoms with Crippen LogP contribution >= 0.6 is 0 Å². The van der Waals surface area contributed by atoms with Crippen LogP contribution in [0, 0.1) is 5.92 Å². The highest BCUT2D eigenvalue weighted by Gasteiger charge is 2.20. The Morgan fingerprint density at radius 3 is 2.95 bits per heavy atom. The zero-order chi connectivity index (χ0) is 15.2. The molecule has 0 aliphatic carbocycles. The monoisotopic (exact) mass is 290 g/mol. The maximum Gasteiger partial charge on any atom is 0.254 e. The van der Waals surface area contributed by atoms with Crippen LogP contribution in [0.2, 0.25) is 0 Å². The zero-order valence-electron chi connectivity index (χ0n) is 12.6. The summed E-state index contributed by atoms with van der Waals surface area (Å²) in [5.41, 5.74) is 0.602. The predicted octanol–water partition coefficient (Wildman–Crippen LogP) is 1.68. The summed E-state index contributed by atoms with van der Waals surface area (Å²) in [5, 5.41) is 2.77. The molecule has 21 heavy (non-hydrogen) atoms. The molecule has 1 aliphatic rings. The first kappa shape index (κ1) is 15.4. The fourth-order valence-corrected chi connectivity index (χ4v) is 2.13. The molecule has 114 valence electrons. The fourth-order valence-electron chi connectivity index (χ4n) is 2.13. The summed E-state index contributed by atoms with van der Waals surface area (Å²) in [6, 6.07) is 7.23. The van der Waals surface area contributed by atoms with Crippen LogP contribution in [0.4, 0.5) is 0 Å². The molecule has 1 N–H and O–H groups in total. The standard InChI is InChI=1S/C16H22N2O3/c1-12(2)11-21-14-5-3-4-13(10-14)16(20)18-8-6-15(19)17-7-9-18/h3-5,10,12H,6-9,11H2,1-2H3,(H,17,19). The summed E-state index contributed by atoms with van der Waals surface area (Å²) < 4.78 is 5.65. The third kappa shape index (κ3) is 4.48. The van der Waals surface area contributed by atoms with Crippen molar-refractivity contribution in [3.8, 4) is 5.75 Å². The van der Waals surface area contributed by atoms with Gasteiger partial charge in [-0.1, -0.05) is 19.9 Å². The molecule has 1 saturated heterocycles. The van der Waals surface area contributed by atoms with Gasteiger partial charge in [-0.3, -0.25) is 9.59 Å². The molecule has 0 bridgehead atoms. The van der Waals surface area contributed by atoms with E-state index in [2.05, 4.69) is 19.2 Å². The Balaban J connectivity index is 2.04. The van der Waals surface area contributed by atoms with E-state index in [1.54, 1.807) is 17.0 Å². The van der Waals surface area contributed by atoms with E-state index in [-0.39, 0.29) is 11.8 Å². The molecule has 0 saturated carbocycles. The maximum absolute atomic E-state index is 12.5. The Bertz CT molecular complexity index is 514. The Hall–Kier alpha value is -2.04. The lowest BCUT2D eigenvalue weighted by Gasteiger charge is -2.20. The van der Waals surface area contributed by atoms with Gasteiger partial charge in [0.2, 0.25) is 5.91 Å². The average Bonchev–Trinajstić information content (AvgIpc) is 2.69. The molecule has 5 heteroatoms. The average molecular weight is 290 g/mol. The minimum absolute atomic E-state index is 0.000632. The molecule has 5 nitrogen and oxygen atoms in total. The van der Waals surface area contributed by atoms with Crippen molar-refractivity contribution in [2.45, 2.75) is 20.3 Å². The fraction of sp³-hybridized carbons (Fsp3) is 0.500. The smallest absolute Gasteiger partial charge is 0.254 e. The van der Waals surface area contributed by atoms with Crippen LogP contribution in [0.15, 0.2) is 24.3 Å². The van der Waals surface area contributed by atoms with Crippen LogP contribution < -0.4 is 10.1 Å². The first-order valence-corrected chi connectivity index (χ1v) is 7.35. The Morgan fingerprint density at radius 1 is 1.38 bits per heavy atom. The molecule has 1 heterocycles. The maximum atomic E-state index is 12.5.